The summed E-state index contributed by atoms with van der Waals surface area (Å²) in [5, 5.41) is 3.20. The first-order chi connectivity index (χ1) is 12.0. The zero-order valence-corrected chi connectivity index (χ0v) is 17.2. The molecule has 0 unspecified atom stereocenters. The SMILES string of the molecule is Cc1sc2ccc(CC(C)C)cc2c1-c1sc2c(Cl)nccc2c1C. The minimum atomic E-state index is 0.606. The Morgan fingerprint density at radius 2 is 1.88 bits per heavy atom. The van der Waals surface area contributed by atoms with E-state index >= 15 is 0 Å². The summed E-state index contributed by atoms with van der Waals surface area (Å²) in [5.74, 6) is 0.663. The summed E-state index contributed by atoms with van der Waals surface area (Å²) in [6.07, 6.45) is 2.92. The first-order valence-corrected chi connectivity index (χ1v) is 10.5. The summed E-state index contributed by atoms with van der Waals surface area (Å²) in [5.41, 5.74) is 4.10. The van der Waals surface area contributed by atoms with Crippen LogP contribution in [0.3, 0.4) is 0 Å². The number of hydrogen-bond acceptors (Lipinski definition) is 3. The number of fused-ring (bicyclic) bond motifs is 2. The van der Waals surface area contributed by atoms with E-state index in [4.69, 9.17) is 11.6 Å². The highest BCUT2D eigenvalue weighted by Crippen LogP contribution is 2.46. The maximum absolute atomic E-state index is 6.35. The van der Waals surface area contributed by atoms with E-state index in [1.54, 1.807) is 17.5 Å². The third kappa shape index (κ3) is 2.88. The van der Waals surface area contributed by atoms with Gasteiger partial charge in [-0.05, 0) is 55.5 Å². The van der Waals surface area contributed by atoms with Crippen LogP contribution in [0, 0.1) is 19.8 Å². The lowest BCUT2D eigenvalue weighted by Crippen LogP contribution is -1.93. The van der Waals surface area contributed by atoms with E-state index in [0.717, 1.165) is 11.1 Å². The molecule has 0 aliphatic heterocycles. The summed E-state index contributed by atoms with van der Waals surface area (Å²) >= 11 is 10.00. The van der Waals surface area contributed by atoms with Crippen molar-refractivity contribution in [2.45, 2.75) is 34.1 Å². The summed E-state index contributed by atoms with van der Waals surface area (Å²) in [7, 11) is 0. The fraction of sp³-hybridized carbons (Fsp3) is 0.286. The van der Waals surface area contributed by atoms with Gasteiger partial charge in [-0.2, -0.15) is 0 Å². The Balaban J connectivity index is 1.99. The van der Waals surface area contributed by atoms with Gasteiger partial charge in [0.05, 0.1) is 4.70 Å². The summed E-state index contributed by atoms with van der Waals surface area (Å²) in [6, 6.07) is 9.02. The van der Waals surface area contributed by atoms with E-state index < -0.39 is 0 Å². The molecule has 0 bridgehead atoms. The molecule has 4 aromatic rings. The lowest BCUT2D eigenvalue weighted by Gasteiger charge is -2.06. The summed E-state index contributed by atoms with van der Waals surface area (Å²) < 4.78 is 2.45. The fourth-order valence-electron chi connectivity index (χ4n) is 3.50. The molecule has 0 spiro atoms. The van der Waals surface area contributed by atoms with E-state index in [0.29, 0.717) is 11.1 Å². The lowest BCUT2D eigenvalue weighted by molar-refractivity contribution is 0.648. The predicted molar refractivity (Wildman–Crippen MR) is 113 cm³/mol. The molecule has 0 saturated carbocycles. The standard InChI is InChI=1S/C21H20ClNS2/c1-11(2)9-14-5-6-17-16(10-14)18(13(4)24-17)19-12(3)15-7-8-23-21(22)20(15)25-19/h5-8,10-11H,9H2,1-4H3. The van der Waals surface area contributed by atoms with Gasteiger partial charge in [-0.1, -0.05) is 31.5 Å². The Hall–Kier alpha value is -1.42. The van der Waals surface area contributed by atoms with Crippen LogP contribution in [0.15, 0.2) is 30.5 Å². The number of hydrogen-bond donors (Lipinski definition) is 0. The Bertz CT molecular complexity index is 1090. The van der Waals surface area contributed by atoms with Crippen LogP contribution in [0.1, 0.15) is 29.9 Å². The predicted octanol–water partition coefficient (Wildman–Crippen LogP) is 7.65. The Labute approximate surface area is 161 Å². The molecular weight excluding hydrogens is 366 g/mol. The molecule has 25 heavy (non-hydrogen) atoms. The average Bonchev–Trinajstić information content (AvgIpc) is 3.04. The molecule has 4 heteroatoms. The molecule has 0 atom stereocenters. The van der Waals surface area contributed by atoms with Gasteiger partial charge < -0.3 is 0 Å². The Kier molecular flexibility index (Phi) is 4.35. The van der Waals surface area contributed by atoms with Gasteiger partial charge in [0.25, 0.3) is 0 Å². The second kappa shape index (κ2) is 6.39. The molecule has 0 amide bonds. The maximum Gasteiger partial charge on any atom is 0.146 e. The minimum Gasteiger partial charge on any atom is -0.243 e. The minimum absolute atomic E-state index is 0.606. The number of rotatable bonds is 3. The topological polar surface area (TPSA) is 12.9 Å². The van der Waals surface area contributed by atoms with Crippen molar-refractivity contribution in [3.63, 3.8) is 0 Å². The van der Waals surface area contributed by atoms with Gasteiger partial charge in [-0.3, -0.25) is 0 Å². The molecule has 128 valence electrons. The van der Waals surface area contributed by atoms with Crippen LogP contribution in [-0.2, 0) is 6.42 Å². The van der Waals surface area contributed by atoms with Gasteiger partial charge in [0.1, 0.15) is 5.15 Å². The molecule has 0 N–H and O–H groups in total. The van der Waals surface area contributed by atoms with Crippen LogP contribution in [0.25, 0.3) is 30.6 Å². The van der Waals surface area contributed by atoms with E-state index in [-0.39, 0.29) is 0 Å². The molecule has 0 radical (unpaired) electrons. The van der Waals surface area contributed by atoms with Crippen LogP contribution in [0.4, 0.5) is 0 Å². The Morgan fingerprint density at radius 3 is 2.60 bits per heavy atom. The molecule has 3 aromatic heterocycles. The monoisotopic (exact) mass is 385 g/mol. The molecule has 3 heterocycles. The number of pyridine rings is 1. The van der Waals surface area contributed by atoms with Crippen molar-refractivity contribution in [3.8, 4) is 10.4 Å². The highest BCUT2D eigenvalue weighted by Gasteiger charge is 2.19. The lowest BCUT2D eigenvalue weighted by atomic mass is 9.99. The molecule has 0 aliphatic carbocycles. The highest BCUT2D eigenvalue weighted by molar-refractivity contribution is 7.24. The van der Waals surface area contributed by atoms with Crippen molar-refractivity contribution >= 4 is 54.4 Å². The molecular formula is C21H20ClNS2. The number of halogens is 1. The second-order valence-electron chi connectivity index (χ2n) is 7.00. The first-order valence-electron chi connectivity index (χ1n) is 8.51. The van der Waals surface area contributed by atoms with Crippen molar-refractivity contribution in [3.05, 3.63) is 51.6 Å². The van der Waals surface area contributed by atoms with E-state index in [9.17, 15) is 0 Å². The van der Waals surface area contributed by atoms with E-state index in [2.05, 4.69) is 56.9 Å². The van der Waals surface area contributed by atoms with Gasteiger partial charge in [-0.25, -0.2) is 4.98 Å². The number of aromatic nitrogens is 1. The third-order valence-electron chi connectivity index (χ3n) is 4.61. The average molecular weight is 386 g/mol. The molecule has 1 nitrogen and oxygen atoms in total. The number of benzene rings is 1. The maximum atomic E-state index is 6.35. The van der Waals surface area contributed by atoms with Crippen LogP contribution in [-0.4, -0.2) is 4.98 Å². The normalized spacial score (nSPS) is 11.9. The second-order valence-corrected chi connectivity index (χ2v) is 9.63. The van der Waals surface area contributed by atoms with Crippen LogP contribution in [0.5, 0.6) is 0 Å². The van der Waals surface area contributed by atoms with Crippen LogP contribution >= 0.6 is 34.3 Å². The zero-order valence-electron chi connectivity index (χ0n) is 14.8. The smallest absolute Gasteiger partial charge is 0.146 e. The number of nitrogens with zero attached hydrogens (tertiary/aromatic N) is 1. The van der Waals surface area contributed by atoms with Crippen LogP contribution in [0.2, 0.25) is 5.15 Å². The molecule has 1 aromatic carbocycles. The van der Waals surface area contributed by atoms with Gasteiger partial charge in [0, 0.05) is 37.0 Å². The van der Waals surface area contributed by atoms with Gasteiger partial charge in [-0.15, -0.1) is 22.7 Å². The van der Waals surface area contributed by atoms with Crippen molar-refractivity contribution in [1.82, 2.24) is 4.98 Å². The van der Waals surface area contributed by atoms with Crippen molar-refractivity contribution in [2.75, 3.05) is 0 Å². The quantitative estimate of drug-likeness (QED) is 0.330. The third-order valence-corrected chi connectivity index (χ3v) is 7.43. The fourth-order valence-corrected chi connectivity index (χ4v) is 6.19. The van der Waals surface area contributed by atoms with Gasteiger partial charge in [0.2, 0.25) is 0 Å². The first kappa shape index (κ1) is 17.0. The van der Waals surface area contributed by atoms with Crippen molar-refractivity contribution in [2.24, 2.45) is 5.92 Å². The molecule has 0 saturated heterocycles. The molecule has 0 fully saturated rings. The van der Waals surface area contributed by atoms with Gasteiger partial charge in [0.15, 0.2) is 0 Å². The zero-order chi connectivity index (χ0) is 17.7. The van der Waals surface area contributed by atoms with Gasteiger partial charge >= 0.3 is 0 Å². The Morgan fingerprint density at radius 1 is 1.08 bits per heavy atom. The van der Waals surface area contributed by atoms with E-state index in [1.165, 1.54) is 41.9 Å². The van der Waals surface area contributed by atoms with E-state index in [1.807, 2.05) is 11.3 Å². The largest absolute Gasteiger partial charge is 0.243 e. The summed E-state index contributed by atoms with van der Waals surface area (Å²) in [6.45, 7) is 8.97. The molecule has 0 aliphatic rings. The van der Waals surface area contributed by atoms with Crippen molar-refractivity contribution < 1.29 is 0 Å². The van der Waals surface area contributed by atoms with Crippen molar-refractivity contribution in [1.29, 1.82) is 0 Å². The number of aryl methyl sites for hydroxylation is 2. The number of thiophene rings is 2. The highest BCUT2D eigenvalue weighted by atomic mass is 35.5. The van der Waals surface area contributed by atoms with Crippen LogP contribution < -0.4 is 0 Å². The molecule has 4 rings (SSSR count). The summed E-state index contributed by atoms with van der Waals surface area (Å²) in [4.78, 5) is 6.95.